The molecule has 2 aromatic heterocycles. The fraction of sp³-hybridized carbons (Fsp3) is 0.538. The van der Waals surface area contributed by atoms with E-state index in [0.717, 1.165) is 11.3 Å². The van der Waals surface area contributed by atoms with Gasteiger partial charge in [-0.05, 0) is 16.9 Å². The van der Waals surface area contributed by atoms with Crippen LogP contribution in [0.5, 0.6) is 0 Å². The summed E-state index contributed by atoms with van der Waals surface area (Å²) in [5.41, 5.74) is 2.60. The highest BCUT2D eigenvalue weighted by Crippen LogP contribution is 2.41. The van der Waals surface area contributed by atoms with Gasteiger partial charge in [-0.3, -0.25) is 0 Å². The maximum Gasteiger partial charge on any atom is 0.145 e. The highest BCUT2D eigenvalue weighted by Gasteiger charge is 2.27. The van der Waals surface area contributed by atoms with Crippen LogP contribution >= 0.6 is 11.3 Å². The zero-order valence-electron chi connectivity index (χ0n) is 10.0. The van der Waals surface area contributed by atoms with Crippen LogP contribution in [0.15, 0.2) is 15.9 Å². The molecule has 0 bridgehead atoms. The summed E-state index contributed by atoms with van der Waals surface area (Å²) < 4.78 is 7.26. The lowest BCUT2D eigenvalue weighted by atomic mass is 9.85. The zero-order chi connectivity index (χ0) is 11.2. The standard InChI is InChI=1S/C13H18OS/c1-8(2)11-10(13(3,4)5)12-9(14-11)6-7-15-12/h6-8H,1-5H3. The Balaban J connectivity index is 2.75. The molecule has 0 atom stereocenters. The molecule has 2 rings (SSSR count). The molecule has 0 fully saturated rings. The van der Waals surface area contributed by atoms with Gasteiger partial charge >= 0.3 is 0 Å². The molecular formula is C13H18OS. The minimum atomic E-state index is 0.162. The predicted octanol–water partition coefficient (Wildman–Crippen LogP) is 4.92. The van der Waals surface area contributed by atoms with Crippen LogP contribution in [0.25, 0.3) is 10.3 Å². The van der Waals surface area contributed by atoms with Gasteiger partial charge in [-0.25, -0.2) is 0 Å². The summed E-state index contributed by atoms with van der Waals surface area (Å²) in [5, 5.41) is 2.10. The van der Waals surface area contributed by atoms with Crippen molar-refractivity contribution in [3.05, 3.63) is 22.8 Å². The summed E-state index contributed by atoms with van der Waals surface area (Å²) in [6, 6.07) is 2.07. The Hall–Kier alpha value is -0.760. The van der Waals surface area contributed by atoms with Gasteiger partial charge in [0, 0.05) is 11.5 Å². The van der Waals surface area contributed by atoms with Crippen LogP contribution in [0.4, 0.5) is 0 Å². The number of furan rings is 1. The maximum absolute atomic E-state index is 5.94. The summed E-state index contributed by atoms with van der Waals surface area (Å²) in [4.78, 5) is 0. The largest absolute Gasteiger partial charge is 0.460 e. The second-order valence-corrected chi connectivity index (χ2v) is 6.28. The topological polar surface area (TPSA) is 13.1 Å². The molecule has 0 spiro atoms. The van der Waals surface area contributed by atoms with Gasteiger partial charge in [0.15, 0.2) is 0 Å². The van der Waals surface area contributed by atoms with E-state index in [1.54, 1.807) is 11.3 Å². The maximum atomic E-state index is 5.94. The lowest BCUT2D eigenvalue weighted by molar-refractivity contribution is 0.486. The van der Waals surface area contributed by atoms with Gasteiger partial charge in [0.2, 0.25) is 0 Å². The monoisotopic (exact) mass is 222 g/mol. The molecule has 2 heteroatoms. The predicted molar refractivity (Wildman–Crippen MR) is 66.9 cm³/mol. The van der Waals surface area contributed by atoms with Crippen molar-refractivity contribution in [1.82, 2.24) is 0 Å². The fourth-order valence-corrected chi connectivity index (χ4v) is 3.04. The lowest BCUT2D eigenvalue weighted by Crippen LogP contribution is -2.13. The van der Waals surface area contributed by atoms with E-state index in [4.69, 9.17) is 4.42 Å². The average Bonchev–Trinajstić information content (AvgIpc) is 2.56. The molecule has 2 aromatic rings. The third-order valence-corrected chi connectivity index (χ3v) is 3.51. The second kappa shape index (κ2) is 3.38. The van der Waals surface area contributed by atoms with Crippen LogP contribution < -0.4 is 0 Å². The van der Waals surface area contributed by atoms with E-state index in [-0.39, 0.29) is 5.41 Å². The van der Waals surface area contributed by atoms with Crippen molar-refractivity contribution in [2.45, 2.75) is 46.0 Å². The summed E-state index contributed by atoms with van der Waals surface area (Å²) in [6.07, 6.45) is 0. The normalized spacial score (nSPS) is 12.9. The van der Waals surface area contributed by atoms with E-state index in [9.17, 15) is 0 Å². The number of fused-ring (bicyclic) bond motifs is 1. The molecule has 0 aliphatic carbocycles. The highest BCUT2D eigenvalue weighted by molar-refractivity contribution is 7.17. The van der Waals surface area contributed by atoms with Gasteiger partial charge in [0.25, 0.3) is 0 Å². The number of hydrogen-bond donors (Lipinski definition) is 0. The van der Waals surface area contributed by atoms with E-state index in [2.05, 4.69) is 46.1 Å². The SMILES string of the molecule is CC(C)c1oc2ccsc2c1C(C)(C)C. The number of hydrogen-bond acceptors (Lipinski definition) is 2. The molecule has 82 valence electrons. The van der Waals surface area contributed by atoms with Crippen molar-refractivity contribution >= 4 is 21.6 Å². The molecule has 0 saturated carbocycles. The van der Waals surface area contributed by atoms with Gasteiger partial charge in [-0.1, -0.05) is 34.6 Å². The molecule has 0 amide bonds. The summed E-state index contributed by atoms with van der Waals surface area (Å²) >= 11 is 1.79. The molecule has 0 saturated heterocycles. The molecular weight excluding hydrogens is 204 g/mol. The number of rotatable bonds is 1. The molecule has 0 radical (unpaired) electrons. The van der Waals surface area contributed by atoms with E-state index >= 15 is 0 Å². The van der Waals surface area contributed by atoms with Crippen molar-refractivity contribution in [3.8, 4) is 0 Å². The molecule has 0 N–H and O–H groups in total. The van der Waals surface area contributed by atoms with Crippen LogP contribution in [0.3, 0.4) is 0 Å². The van der Waals surface area contributed by atoms with Crippen LogP contribution in [-0.4, -0.2) is 0 Å². The minimum absolute atomic E-state index is 0.162. The van der Waals surface area contributed by atoms with Crippen LogP contribution in [0.2, 0.25) is 0 Å². The van der Waals surface area contributed by atoms with Gasteiger partial charge in [-0.2, -0.15) is 0 Å². The minimum Gasteiger partial charge on any atom is -0.460 e. The fourth-order valence-electron chi connectivity index (χ4n) is 1.96. The van der Waals surface area contributed by atoms with Crippen LogP contribution in [0, 0.1) is 0 Å². The average molecular weight is 222 g/mol. The summed E-state index contributed by atoms with van der Waals surface area (Å²) in [7, 11) is 0. The lowest BCUT2D eigenvalue weighted by Gasteiger charge is -2.19. The quantitative estimate of drug-likeness (QED) is 0.667. The van der Waals surface area contributed by atoms with Crippen molar-refractivity contribution in [3.63, 3.8) is 0 Å². The Bertz CT molecular complexity index is 468. The summed E-state index contributed by atoms with van der Waals surface area (Å²) in [5.74, 6) is 1.61. The van der Waals surface area contributed by atoms with Gasteiger partial charge in [0.1, 0.15) is 11.3 Å². The third-order valence-electron chi connectivity index (χ3n) is 2.60. The summed E-state index contributed by atoms with van der Waals surface area (Å²) in [6.45, 7) is 11.1. The number of thiophene rings is 1. The first-order chi connectivity index (χ1) is 6.91. The first-order valence-corrected chi connectivity index (χ1v) is 6.29. The Morgan fingerprint density at radius 2 is 1.93 bits per heavy atom. The van der Waals surface area contributed by atoms with Crippen molar-refractivity contribution < 1.29 is 4.42 Å². The zero-order valence-corrected chi connectivity index (χ0v) is 10.9. The van der Waals surface area contributed by atoms with Gasteiger partial charge in [-0.15, -0.1) is 11.3 Å². The Labute approximate surface area is 95.1 Å². The molecule has 15 heavy (non-hydrogen) atoms. The second-order valence-electron chi connectivity index (χ2n) is 5.36. The Morgan fingerprint density at radius 1 is 1.27 bits per heavy atom. The van der Waals surface area contributed by atoms with Crippen molar-refractivity contribution in [1.29, 1.82) is 0 Å². The van der Waals surface area contributed by atoms with Crippen LogP contribution in [-0.2, 0) is 5.41 Å². The third kappa shape index (κ3) is 1.71. The highest BCUT2D eigenvalue weighted by atomic mass is 32.1. The molecule has 0 aromatic carbocycles. The van der Waals surface area contributed by atoms with E-state index < -0.39 is 0 Å². The first kappa shape index (κ1) is 10.7. The van der Waals surface area contributed by atoms with E-state index in [1.807, 2.05) is 0 Å². The van der Waals surface area contributed by atoms with Gasteiger partial charge < -0.3 is 4.42 Å². The molecule has 2 heterocycles. The molecule has 0 unspecified atom stereocenters. The van der Waals surface area contributed by atoms with E-state index in [1.165, 1.54) is 10.3 Å². The van der Waals surface area contributed by atoms with Crippen molar-refractivity contribution in [2.75, 3.05) is 0 Å². The van der Waals surface area contributed by atoms with Gasteiger partial charge in [0.05, 0.1) is 4.70 Å². The molecule has 1 nitrogen and oxygen atoms in total. The smallest absolute Gasteiger partial charge is 0.145 e. The molecule has 0 aliphatic rings. The van der Waals surface area contributed by atoms with Crippen LogP contribution in [0.1, 0.15) is 51.9 Å². The first-order valence-electron chi connectivity index (χ1n) is 5.41. The Kier molecular flexibility index (Phi) is 2.42. The van der Waals surface area contributed by atoms with E-state index in [0.29, 0.717) is 5.92 Å². The molecule has 0 aliphatic heterocycles. The van der Waals surface area contributed by atoms with Crippen molar-refractivity contribution in [2.24, 2.45) is 0 Å². The Morgan fingerprint density at radius 3 is 2.47 bits per heavy atom.